The lowest BCUT2D eigenvalue weighted by molar-refractivity contribution is -0.120. The van der Waals surface area contributed by atoms with Gasteiger partial charge in [-0.3, -0.25) is 9.59 Å². The average molecular weight is 393 g/mol. The van der Waals surface area contributed by atoms with Crippen LogP contribution in [0.1, 0.15) is 33.0 Å². The van der Waals surface area contributed by atoms with Gasteiger partial charge in [0.25, 0.3) is 0 Å². The number of carbonyl (C=O) groups is 2. The zero-order chi connectivity index (χ0) is 20.8. The monoisotopic (exact) mass is 392 g/mol. The van der Waals surface area contributed by atoms with Gasteiger partial charge in [-0.05, 0) is 44.5 Å². The van der Waals surface area contributed by atoms with Crippen LogP contribution in [-0.4, -0.2) is 34.0 Å². The third-order valence-electron chi connectivity index (χ3n) is 4.80. The van der Waals surface area contributed by atoms with E-state index in [0.717, 1.165) is 29.0 Å². The smallest absolute Gasteiger partial charge is 0.247 e. The summed E-state index contributed by atoms with van der Waals surface area (Å²) in [5.41, 5.74) is 2.72. The summed E-state index contributed by atoms with van der Waals surface area (Å²) in [6.07, 6.45) is 1.46. The van der Waals surface area contributed by atoms with E-state index in [2.05, 4.69) is 5.32 Å². The molecular weight excluding hydrogens is 364 g/mol. The van der Waals surface area contributed by atoms with Crippen LogP contribution in [0.25, 0.3) is 11.0 Å². The lowest BCUT2D eigenvalue weighted by atomic mass is 10.2. The fourth-order valence-electron chi connectivity index (χ4n) is 3.53. The standard InChI is InChI=1S/C23H28N4O2/c1-17(2)27(19-10-5-4-6-11-19)23(29)16-26-21-13-8-7-12-20(21)25-22(26)14-9-15-24-18(3)28/h4-8,10-13,17H,9,14-16H2,1-3H3,(H,24,28). The van der Waals surface area contributed by atoms with Gasteiger partial charge in [0.15, 0.2) is 0 Å². The van der Waals surface area contributed by atoms with Crippen LogP contribution in [0.2, 0.25) is 0 Å². The van der Waals surface area contributed by atoms with E-state index in [1.54, 1.807) is 0 Å². The normalized spacial score (nSPS) is 11.0. The summed E-state index contributed by atoms with van der Waals surface area (Å²) in [7, 11) is 0. The molecule has 0 atom stereocenters. The van der Waals surface area contributed by atoms with Crippen LogP contribution in [-0.2, 0) is 22.6 Å². The van der Waals surface area contributed by atoms with Crippen LogP contribution in [0.4, 0.5) is 5.69 Å². The molecule has 0 radical (unpaired) electrons. The molecule has 0 saturated heterocycles. The Morgan fingerprint density at radius 3 is 2.45 bits per heavy atom. The van der Waals surface area contributed by atoms with E-state index in [0.29, 0.717) is 13.0 Å². The number of nitrogens with zero attached hydrogens (tertiary/aromatic N) is 3. The second-order valence-electron chi connectivity index (χ2n) is 7.38. The third-order valence-corrected chi connectivity index (χ3v) is 4.80. The Bertz CT molecular complexity index is 979. The van der Waals surface area contributed by atoms with Gasteiger partial charge in [0.2, 0.25) is 11.8 Å². The van der Waals surface area contributed by atoms with E-state index < -0.39 is 0 Å². The number of benzene rings is 2. The van der Waals surface area contributed by atoms with Gasteiger partial charge in [-0.25, -0.2) is 4.98 Å². The molecular formula is C23H28N4O2. The van der Waals surface area contributed by atoms with Gasteiger partial charge in [0.05, 0.1) is 11.0 Å². The molecule has 2 aromatic carbocycles. The Labute approximate surface area is 171 Å². The highest BCUT2D eigenvalue weighted by atomic mass is 16.2. The number of rotatable bonds is 8. The van der Waals surface area contributed by atoms with Gasteiger partial charge in [0, 0.05) is 31.6 Å². The highest BCUT2D eigenvalue weighted by Gasteiger charge is 2.21. The molecule has 2 amide bonds. The Kier molecular flexibility index (Phi) is 6.65. The topological polar surface area (TPSA) is 67.2 Å². The first-order chi connectivity index (χ1) is 14.0. The van der Waals surface area contributed by atoms with Crippen molar-refractivity contribution in [1.29, 1.82) is 0 Å². The van der Waals surface area contributed by atoms with E-state index in [4.69, 9.17) is 4.98 Å². The maximum Gasteiger partial charge on any atom is 0.247 e. The van der Waals surface area contributed by atoms with Gasteiger partial charge < -0.3 is 14.8 Å². The van der Waals surface area contributed by atoms with Crippen molar-refractivity contribution in [2.45, 2.75) is 46.2 Å². The number of imidazole rings is 1. The van der Waals surface area contributed by atoms with Crippen molar-refractivity contribution in [2.75, 3.05) is 11.4 Å². The summed E-state index contributed by atoms with van der Waals surface area (Å²) in [5.74, 6) is 0.850. The van der Waals surface area contributed by atoms with Crippen LogP contribution in [0.5, 0.6) is 0 Å². The van der Waals surface area contributed by atoms with Crippen LogP contribution in [0.3, 0.4) is 0 Å². The van der Waals surface area contributed by atoms with E-state index in [1.807, 2.05) is 77.9 Å². The van der Waals surface area contributed by atoms with Gasteiger partial charge in [-0.15, -0.1) is 0 Å². The molecule has 152 valence electrons. The lowest BCUT2D eigenvalue weighted by Crippen LogP contribution is -2.39. The summed E-state index contributed by atoms with van der Waals surface area (Å²) >= 11 is 0. The number of fused-ring (bicyclic) bond motifs is 1. The van der Waals surface area contributed by atoms with Crippen LogP contribution < -0.4 is 10.2 Å². The van der Waals surface area contributed by atoms with Crippen LogP contribution >= 0.6 is 0 Å². The largest absolute Gasteiger partial charge is 0.356 e. The summed E-state index contributed by atoms with van der Waals surface area (Å²) in [6.45, 7) is 6.37. The third kappa shape index (κ3) is 5.02. The maximum atomic E-state index is 13.3. The zero-order valence-electron chi connectivity index (χ0n) is 17.3. The fraction of sp³-hybridized carbons (Fsp3) is 0.348. The summed E-state index contributed by atoms with van der Waals surface area (Å²) in [5, 5.41) is 2.81. The number of aryl methyl sites for hydroxylation is 1. The van der Waals surface area contributed by atoms with Crippen molar-refractivity contribution < 1.29 is 9.59 Å². The van der Waals surface area contributed by atoms with E-state index in [9.17, 15) is 9.59 Å². The van der Waals surface area contributed by atoms with E-state index >= 15 is 0 Å². The molecule has 0 aliphatic rings. The predicted octanol–water partition coefficient (Wildman–Crippen LogP) is 3.55. The average Bonchev–Trinajstić information content (AvgIpc) is 3.03. The number of hydrogen-bond acceptors (Lipinski definition) is 3. The Morgan fingerprint density at radius 2 is 1.76 bits per heavy atom. The molecule has 1 aromatic heterocycles. The minimum atomic E-state index is -0.0379. The quantitative estimate of drug-likeness (QED) is 0.596. The number of aromatic nitrogens is 2. The molecule has 0 aliphatic carbocycles. The summed E-state index contributed by atoms with van der Waals surface area (Å²) < 4.78 is 2.00. The minimum Gasteiger partial charge on any atom is -0.356 e. The van der Waals surface area contributed by atoms with Crippen molar-refractivity contribution in [3.05, 3.63) is 60.4 Å². The number of amides is 2. The van der Waals surface area contributed by atoms with E-state index in [-0.39, 0.29) is 24.4 Å². The van der Waals surface area contributed by atoms with Crippen LogP contribution in [0, 0.1) is 0 Å². The Balaban J connectivity index is 1.86. The summed E-state index contributed by atoms with van der Waals surface area (Å²) in [6, 6.07) is 17.7. The van der Waals surface area contributed by atoms with Gasteiger partial charge in [0.1, 0.15) is 12.4 Å². The molecule has 0 fully saturated rings. The van der Waals surface area contributed by atoms with Crippen LogP contribution in [0.15, 0.2) is 54.6 Å². The molecule has 29 heavy (non-hydrogen) atoms. The molecule has 0 unspecified atom stereocenters. The predicted molar refractivity (Wildman–Crippen MR) is 116 cm³/mol. The lowest BCUT2D eigenvalue weighted by Gasteiger charge is -2.27. The molecule has 6 heteroatoms. The molecule has 1 N–H and O–H groups in total. The Morgan fingerprint density at radius 1 is 1.07 bits per heavy atom. The fourth-order valence-corrected chi connectivity index (χ4v) is 3.53. The first-order valence-corrected chi connectivity index (χ1v) is 10.0. The number of anilines is 1. The first-order valence-electron chi connectivity index (χ1n) is 10.0. The number of carbonyl (C=O) groups excluding carboxylic acids is 2. The van der Waals surface area contributed by atoms with Crippen molar-refractivity contribution in [2.24, 2.45) is 0 Å². The van der Waals surface area contributed by atoms with E-state index in [1.165, 1.54) is 6.92 Å². The number of nitrogens with one attached hydrogen (secondary N) is 1. The molecule has 0 bridgehead atoms. The van der Waals surface area contributed by atoms with Crippen molar-refractivity contribution in [3.8, 4) is 0 Å². The molecule has 0 saturated carbocycles. The molecule has 0 spiro atoms. The van der Waals surface area contributed by atoms with Crippen molar-refractivity contribution >= 4 is 28.5 Å². The SMILES string of the molecule is CC(=O)NCCCc1nc2ccccc2n1CC(=O)N(c1ccccc1)C(C)C. The highest BCUT2D eigenvalue weighted by molar-refractivity contribution is 5.94. The second-order valence-corrected chi connectivity index (χ2v) is 7.38. The number of hydrogen-bond donors (Lipinski definition) is 1. The summed E-state index contributed by atoms with van der Waals surface area (Å²) in [4.78, 5) is 31.0. The molecule has 6 nitrogen and oxygen atoms in total. The first kappa shape index (κ1) is 20.6. The Hall–Kier alpha value is -3.15. The van der Waals surface area contributed by atoms with Gasteiger partial charge >= 0.3 is 0 Å². The van der Waals surface area contributed by atoms with Gasteiger partial charge in [-0.2, -0.15) is 0 Å². The minimum absolute atomic E-state index is 0.0254. The second kappa shape index (κ2) is 9.37. The molecule has 3 aromatic rings. The van der Waals surface area contributed by atoms with Gasteiger partial charge in [-0.1, -0.05) is 30.3 Å². The molecule has 1 heterocycles. The zero-order valence-corrected chi connectivity index (χ0v) is 17.3. The maximum absolute atomic E-state index is 13.3. The van der Waals surface area contributed by atoms with Crippen molar-refractivity contribution in [1.82, 2.24) is 14.9 Å². The molecule has 3 rings (SSSR count). The number of para-hydroxylation sites is 3. The highest BCUT2D eigenvalue weighted by Crippen LogP contribution is 2.21. The molecule has 0 aliphatic heterocycles. The van der Waals surface area contributed by atoms with Crippen molar-refractivity contribution in [3.63, 3.8) is 0 Å².